The number of hydrogen-bond donors (Lipinski definition) is 6. The zero-order chi connectivity index (χ0) is 17.2. The lowest BCUT2D eigenvalue weighted by atomic mass is 10.7. The average Bonchev–Trinajstić information content (AvgIpc) is 2.51. The van der Waals surface area contributed by atoms with Gasteiger partial charge in [-0.25, -0.2) is 0 Å². The number of rotatable bonds is 9. The molecular weight excluding hydrogens is 282 g/mol. The normalized spacial score (nSPS) is 8.57. The molecule has 0 aromatic heterocycles. The van der Waals surface area contributed by atoms with Gasteiger partial charge in [0.25, 0.3) is 0 Å². The Morgan fingerprint density at radius 1 is 0.619 bits per heavy atom. The van der Waals surface area contributed by atoms with Crippen LogP contribution in [0.4, 0.5) is 0 Å². The Morgan fingerprint density at radius 2 is 1.00 bits per heavy atom. The van der Waals surface area contributed by atoms with E-state index in [2.05, 4.69) is 9.47 Å². The molecule has 0 aromatic carbocycles. The highest BCUT2D eigenvalue weighted by Gasteiger charge is 1.78. The van der Waals surface area contributed by atoms with Crippen molar-refractivity contribution in [3.63, 3.8) is 0 Å². The van der Waals surface area contributed by atoms with Crippen molar-refractivity contribution in [1.29, 1.82) is 0 Å². The summed E-state index contributed by atoms with van der Waals surface area (Å²) in [5.74, 6) is 0. The predicted molar refractivity (Wildman–Crippen MR) is 83.0 cm³/mol. The van der Waals surface area contributed by atoms with Crippen LogP contribution >= 0.6 is 0 Å². The third-order valence-corrected chi connectivity index (χ3v) is 1.24. The van der Waals surface area contributed by atoms with Crippen molar-refractivity contribution in [1.82, 2.24) is 0 Å². The zero-order valence-electron chi connectivity index (χ0n) is 13.4. The predicted octanol–water partition coefficient (Wildman–Crippen LogP) is -2.89. The van der Waals surface area contributed by atoms with Crippen LogP contribution in [0.15, 0.2) is 0 Å². The monoisotopic (exact) mass is 317 g/mol. The van der Waals surface area contributed by atoms with E-state index in [1.165, 1.54) is 0 Å². The third-order valence-electron chi connectivity index (χ3n) is 1.24. The molecule has 0 amide bonds. The molecule has 9 N–H and O–H groups in total. The zero-order valence-corrected chi connectivity index (χ0v) is 13.4. The van der Waals surface area contributed by atoms with Crippen LogP contribution in [0.3, 0.4) is 0 Å². The molecule has 0 radical (unpaired) electrons. The van der Waals surface area contributed by atoms with Gasteiger partial charge in [-0.15, -0.1) is 0 Å². The van der Waals surface area contributed by atoms with Gasteiger partial charge in [-0.1, -0.05) is 0 Å². The first-order chi connectivity index (χ1) is 10.2. The van der Waals surface area contributed by atoms with Crippen LogP contribution in [0, 0.1) is 0 Å². The van der Waals surface area contributed by atoms with Gasteiger partial charge in [0.05, 0.1) is 46.2 Å². The molecule has 0 bridgehead atoms. The number of nitrogens with two attached hydrogens (primary N) is 3. The summed E-state index contributed by atoms with van der Waals surface area (Å²) in [4.78, 5) is 0. The number of methoxy groups -OCH3 is 2. The molecule has 9 heteroatoms. The van der Waals surface area contributed by atoms with Crippen molar-refractivity contribution < 1.29 is 29.5 Å². The Labute approximate surface area is 128 Å². The van der Waals surface area contributed by atoms with E-state index < -0.39 is 0 Å². The topological polar surface area (TPSA) is 166 Å². The Hall–Kier alpha value is -0.360. The summed E-state index contributed by atoms with van der Waals surface area (Å²) in [7, 11) is 3.18. The van der Waals surface area contributed by atoms with E-state index in [9.17, 15) is 0 Å². The van der Waals surface area contributed by atoms with Crippen LogP contribution in [0.25, 0.3) is 0 Å². The Kier molecular flexibility index (Phi) is 58.5. The number of hydrogen-bond acceptors (Lipinski definition) is 9. The molecule has 0 heterocycles. The Bertz CT molecular complexity index is 109. The fraction of sp³-hybridized carbons (Fsp3) is 1.00. The maximum Gasteiger partial charge on any atom is 0.0693 e. The molecule has 0 rings (SSSR count). The van der Waals surface area contributed by atoms with Crippen molar-refractivity contribution in [2.45, 2.75) is 0 Å². The lowest BCUT2D eigenvalue weighted by molar-refractivity contribution is 0.135. The summed E-state index contributed by atoms with van der Waals surface area (Å²) in [6, 6.07) is 0. The van der Waals surface area contributed by atoms with Crippen molar-refractivity contribution in [2.75, 3.05) is 80.1 Å². The van der Waals surface area contributed by atoms with E-state index in [4.69, 9.17) is 37.3 Å². The molecule has 0 unspecified atom stereocenters. The van der Waals surface area contributed by atoms with Crippen LogP contribution in [0.2, 0.25) is 0 Å². The quantitative estimate of drug-likeness (QED) is 0.245. The van der Waals surface area contributed by atoms with Gasteiger partial charge in [0, 0.05) is 33.9 Å². The molecule has 0 aliphatic rings. The third kappa shape index (κ3) is 81.9. The van der Waals surface area contributed by atoms with Gasteiger partial charge >= 0.3 is 0 Å². The SMILES string of the molecule is COCCN.COCCO.NCCOCCN.OCCO. The molecule has 21 heavy (non-hydrogen) atoms. The van der Waals surface area contributed by atoms with Gasteiger partial charge in [-0.3, -0.25) is 0 Å². The van der Waals surface area contributed by atoms with Crippen LogP contribution in [0.5, 0.6) is 0 Å². The minimum Gasteiger partial charge on any atom is -0.394 e. The summed E-state index contributed by atoms with van der Waals surface area (Å²) in [5.41, 5.74) is 15.2. The average molecular weight is 317 g/mol. The van der Waals surface area contributed by atoms with E-state index in [1.807, 2.05) is 0 Å². The molecule has 134 valence electrons. The van der Waals surface area contributed by atoms with Gasteiger partial charge in [-0.2, -0.15) is 0 Å². The second-order valence-electron chi connectivity index (χ2n) is 3.13. The fourth-order valence-electron chi connectivity index (χ4n) is 0.478. The highest BCUT2D eigenvalue weighted by molar-refractivity contribution is 4.31. The first kappa shape index (κ1) is 28.8. The van der Waals surface area contributed by atoms with Crippen LogP contribution in [-0.4, -0.2) is 95.4 Å². The molecule has 0 fully saturated rings. The Morgan fingerprint density at radius 3 is 1.10 bits per heavy atom. The molecular formula is C12H35N3O6. The molecule has 9 nitrogen and oxygen atoms in total. The summed E-state index contributed by atoms with van der Waals surface area (Å²) in [5, 5.41) is 23.2. The first-order valence-corrected chi connectivity index (χ1v) is 6.64. The molecule has 0 saturated heterocycles. The second-order valence-corrected chi connectivity index (χ2v) is 3.13. The maximum absolute atomic E-state index is 7.94. The molecule has 0 saturated carbocycles. The van der Waals surface area contributed by atoms with E-state index in [0.29, 0.717) is 46.1 Å². The molecule has 0 aromatic rings. The van der Waals surface area contributed by atoms with Gasteiger partial charge in [0.1, 0.15) is 0 Å². The van der Waals surface area contributed by atoms with Gasteiger partial charge in [0.2, 0.25) is 0 Å². The van der Waals surface area contributed by atoms with Crippen LogP contribution in [-0.2, 0) is 14.2 Å². The first-order valence-electron chi connectivity index (χ1n) is 6.64. The van der Waals surface area contributed by atoms with E-state index in [0.717, 1.165) is 0 Å². The summed E-state index contributed by atoms with van der Waals surface area (Å²) in [6.45, 7) is 4.02. The number of aliphatic hydroxyl groups is 3. The molecule has 0 aliphatic carbocycles. The molecule has 0 aliphatic heterocycles. The maximum atomic E-state index is 7.94. The van der Waals surface area contributed by atoms with E-state index in [1.54, 1.807) is 14.2 Å². The van der Waals surface area contributed by atoms with E-state index >= 15 is 0 Å². The highest BCUT2D eigenvalue weighted by atomic mass is 16.5. The van der Waals surface area contributed by atoms with Crippen LogP contribution < -0.4 is 17.2 Å². The van der Waals surface area contributed by atoms with Gasteiger partial charge in [-0.05, 0) is 0 Å². The number of ether oxygens (including phenoxy) is 3. The van der Waals surface area contributed by atoms with Gasteiger partial charge < -0.3 is 46.7 Å². The van der Waals surface area contributed by atoms with Crippen LogP contribution in [0.1, 0.15) is 0 Å². The van der Waals surface area contributed by atoms with Crippen molar-refractivity contribution in [3.05, 3.63) is 0 Å². The Balaban J connectivity index is -0.0000000939. The minimum atomic E-state index is -0.125. The largest absolute Gasteiger partial charge is 0.394 e. The second kappa shape index (κ2) is 42.7. The lowest BCUT2D eigenvalue weighted by Crippen LogP contribution is -2.13. The lowest BCUT2D eigenvalue weighted by Gasteiger charge is -1.95. The highest BCUT2D eigenvalue weighted by Crippen LogP contribution is 1.65. The summed E-state index contributed by atoms with van der Waals surface area (Å²) in [6.07, 6.45) is 0. The fourth-order valence-corrected chi connectivity index (χ4v) is 0.478. The van der Waals surface area contributed by atoms with Crippen molar-refractivity contribution in [2.24, 2.45) is 17.2 Å². The van der Waals surface area contributed by atoms with Crippen molar-refractivity contribution in [3.8, 4) is 0 Å². The minimum absolute atomic E-state index is 0.122. The van der Waals surface area contributed by atoms with E-state index in [-0.39, 0.29) is 19.8 Å². The van der Waals surface area contributed by atoms with Crippen molar-refractivity contribution >= 4 is 0 Å². The molecule has 0 spiro atoms. The smallest absolute Gasteiger partial charge is 0.0693 e. The number of aliphatic hydroxyl groups excluding tert-OH is 3. The molecule has 0 atom stereocenters. The van der Waals surface area contributed by atoms with Gasteiger partial charge in [0.15, 0.2) is 0 Å². The summed E-state index contributed by atoms with van der Waals surface area (Å²) >= 11 is 0. The standard InChI is InChI=1S/C4H12N2O.C3H9NO.C3H8O2.C2H6O2/c5-1-3-7-4-2-6;2*1-5-3-2-4;3-1-2-4/h1-6H2;2-4H2,1H3;4H,2-3H2,1H3;3-4H,1-2H2. The summed E-state index contributed by atoms with van der Waals surface area (Å²) < 4.78 is 13.9.